The summed E-state index contributed by atoms with van der Waals surface area (Å²) in [5.74, 6) is 0.109. The number of phenols is 1. The maximum absolute atomic E-state index is 13.3. The normalized spacial score (nSPS) is 13.6. The van der Waals surface area contributed by atoms with E-state index in [4.69, 9.17) is 21.1 Å². The Labute approximate surface area is 308 Å². The van der Waals surface area contributed by atoms with Crippen LogP contribution in [0.2, 0.25) is 5.02 Å². The first-order chi connectivity index (χ1) is 25.2. The number of anilines is 2. The van der Waals surface area contributed by atoms with E-state index in [0.29, 0.717) is 79.6 Å². The smallest absolute Gasteiger partial charge is 0.411 e. The molecule has 2 amide bonds. The summed E-state index contributed by atoms with van der Waals surface area (Å²) in [5, 5.41) is 22.3. The minimum atomic E-state index is -0.531. The third-order valence-corrected chi connectivity index (χ3v) is 10.2. The first kappa shape index (κ1) is 36.8. The summed E-state index contributed by atoms with van der Waals surface area (Å²) in [6.45, 7) is 3.00. The highest BCUT2D eigenvalue weighted by Gasteiger charge is 2.24. The quantitative estimate of drug-likeness (QED) is 0.0800. The third kappa shape index (κ3) is 9.28. The molecule has 1 saturated heterocycles. The Morgan fingerprint density at radius 3 is 2.58 bits per heavy atom. The van der Waals surface area contributed by atoms with Gasteiger partial charge in [-0.25, -0.2) is 9.18 Å². The van der Waals surface area contributed by atoms with Crippen LogP contribution < -0.4 is 26.2 Å². The summed E-state index contributed by atoms with van der Waals surface area (Å²) in [5.41, 5.74) is 3.84. The van der Waals surface area contributed by atoms with Crippen molar-refractivity contribution in [3.8, 4) is 21.9 Å². The lowest BCUT2D eigenvalue weighted by Crippen LogP contribution is -2.39. The van der Waals surface area contributed by atoms with E-state index in [-0.39, 0.29) is 35.6 Å². The molecule has 0 saturated carbocycles. The number of hydrogen-bond donors (Lipinski definition) is 5. The molecule has 272 valence electrons. The molecule has 1 aliphatic rings. The van der Waals surface area contributed by atoms with Crippen molar-refractivity contribution in [1.29, 1.82) is 0 Å². The van der Waals surface area contributed by atoms with Gasteiger partial charge in [-0.15, -0.1) is 11.3 Å². The first-order valence-electron chi connectivity index (χ1n) is 16.9. The molecular weight excluding hydrogens is 709 g/mol. The number of fused-ring (bicyclic) bond motifs is 1. The summed E-state index contributed by atoms with van der Waals surface area (Å²) in [4.78, 5) is 42.9. The maximum Gasteiger partial charge on any atom is 0.411 e. The zero-order valence-corrected chi connectivity index (χ0v) is 30.0. The number of ether oxygens (including phenoxy) is 2. The number of rotatable bonds is 13. The van der Waals surface area contributed by atoms with Gasteiger partial charge in [0.2, 0.25) is 11.5 Å². The van der Waals surface area contributed by atoms with E-state index >= 15 is 0 Å². The molecule has 0 atom stereocenters. The van der Waals surface area contributed by atoms with Crippen molar-refractivity contribution < 1.29 is 28.6 Å². The molecular formula is C38H39ClFN5O6S. The molecule has 6 rings (SSSR count). The molecule has 0 radical (unpaired) electrons. The lowest BCUT2D eigenvalue weighted by molar-refractivity contribution is -0.116. The van der Waals surface area contributed by atoms with Gasteiger partial charge in [0.15, 0.2) is 0 Å². The fourth-order valence-corrected chi connectivity index (χ4v) is 7.32. The first-order valence-corrected chi connectivity index (χ1v) is 18.2. The van der Waals surface area contributed by atoms with E-state index in [1.165, 1.54) is 29.5 Å². The van der Waals surface area contributed by atoms with Crippen LogP contribution in [0.3, 0.4) is 0 Å². The van der Waals surface area contributed by atoms with Crippen LogP contribution in [-0.4, -0.2) is 66.4 Å². The number of amides is 2. The second-order valence-corrected chi connectivity index (χ2v) is 13.8. The van der Waals surface area contributed by atoms with E-state index in [1.54, 1.807) is 49.6 Å². The summed E-state index contributed by atoms with van der Waals surface area (Å²) >= 11 is 8.03. The van der Waals surface area contributed by atoms with Crippen LogP contribution >= 0.6 is 22.9 Å². The number of benzene rings is 3. The number of carbonyl (C=O) groups is 2. The lowest BCUT2D eigenvalue weighted by Gasteiger charge is -2.31. The molecule has 52 heavy (non-hydrogen) atoms. The molecule has 2 aromatic heterocycles. The number of aromatic hydroxyl groups is 1. The highest BCUT2D eigenvalue weighted by Crippen LogP contribution is 2.34. The number of phenolic OH excluding ortho intramolecular Hbond substituents is 1. The van der Waals surface area contributed by atoms with Crippen LogP contribution in [-0.2, 0) is 22.5 Å². The number of halogens is 2. The number of likely N-dealkylation sites (tertiary alicyclic amines) is 1. The molecule has 3 heterocycles. The van der Waals surface area contributed by atoms with Crippen molar-refractivity contribution in [3.05, 3.63) is 104 Å². The Morgan fingerprint density at radius 1 is 1.02 bits per heavy atom. The van der Waals surface area contributed by atoms with Crippen molar-refractivity contribution >= 4 is 57.2 Å². The van der Waals surface area contributed by atoms with Crippen LogP contribution in [0.25, 0.3) is 21.3 Å². The minimum Gasteiger partial charge on any atom is -0.506 e. The van der Waals surface area contributed by atoms with Crippen LogP contribution in [0.5, 0.6) is 11.5 Å². The summed E-state index contributed by atoms with van der Waals surface area (Å²) in [6, 6.07) is 18.0. The van der Waals surface area contributed by atoms with Gasteiger partial charge in [-0.3, -0.25) is 14.9 Å². The standard InChI is InChI=1S/C38H39ClFN5O6S/c1-50-33-21-31(29(39)20-25(33)22-41-15-10-23-4-8-32(46)36-28(23)7-9-34(47)44-36)42-35(48)13-18-45-16-11-27(12-17-45)51-38(49)43-30-14-19-52-37(30)24-2-5-26(40)6-3-24/h2-9,14,19-21,27,41,46H,10-13,15-18,22H2,1H3,(H,42,48)(H,43,49)(H,44,47). The van der Waals surface area contributed by atoms with Gasteiger partial charge in [0.05, 0.1) is 33.9 Å². The van der Waals surface area contributed by atoms with Gasteiger partial charge in [0, 0.05) is 55.7 Å². The Bertz CT molecular complexity index is 2100. The zero-order valence-electron chi connectivity index (χ0n) is 28.5. The fraction of sp³-hybridized carbons (Fsp3) is 0.289. The number of methoxy groups -OCH3 is 1. The van der Waals surface area contributed by atoms with Crippen molar-refractivity contribution in [2.24, 2.45) is 0 Å². The molecule has 1 fully saturated rings. The van der Waals surface area contributed by atoms with Gasteiger partial charge in [-0.05, 0) is 78.7 Å². The molecule has 0 aliphatic carbocycles. The van der Waals surface area contributed by atoms with E-state index in [1.807, 2.05) is 11.4 Å². The molecule has 3 aromatic carbocycles. The molecule has 5 aromatic rings. The SMILES string of the molecule is COc1cc(NC(=O)CCN2CCC(OC(=O)Nc3ccsc3-c3ccc(F)cc3)CC2)c(Cl)cc1CNCCc1ccc(O)c2[nH]c(=O)ccc12. The number of aromatic amines is 1. The second kappa shape index (κ2) is 17.0. The molecule has 0 bridgehead atoms. The molecule has 0 spiro atoms. The predicted molar refractivity (Wildman–Crippen MR) is 202 cm³/mol. The average Bonchev–Trinajstić information content (AvgIpc) is 3.59. The van der Waals surface area contributed by atoms with E-state index < -0.39 is 6.09 Å². The van der Waals surface area contributed by atoms with Crippen LogP contribution in [0.15, 0.2) is 76.9 Å². The second-order valence-electron chi connectivity index (χ2n) is 12.5. The summed E-state index contributed by atoms with van der Waals surface area (Å²) in [7, 11) is 1.56. The predicted octanol–water partition coefficient (Wildman–Crippen LogP) is 7.14. The highest BCUT2D eigenvalue weighted by molar-refractivity contribution is 7.14. The minimum absolute atomic E-state index is 0.0277. The number of nitrogens with one attached hydrogen (secondary N) is 4. The topological polar surface area (TPSA) is 145 Å². The van der Waals surface area contributed by atoms with Gasteiger partial charge in [-0.1, -0.05) is 29.8 Å². The van der Waals surface area contributed by atoms with Gasteiger partial charge in [-0.2, -0.15) is 0 Å². The number of carbonyl (C=O) groups excluding carboxylic acids is 2. The van der Waals surface area contributed by atoms with Crippen molar-refractivity contribution in [1.82, 2.24) is 15.2 Å². The summed E-state index contributed by atoms with van der Waals surface area (Å²) in [6.07, 6.45) is 1.44. The van der Waals surface area contributed by atoms with Gasteiger partial charge in [0.25, 0.3) is 0 Å². The van der Waals surface area contributed by atoms with E-state index in [2.05, 4.69) is 25.8 Å². The number of piperidine rings is 1. The van der Waals surface area contributed by atoms with Gasteiger partial charge < -0.3 is 35.1 Å². The number of nitrogens with zero attached hydrogens (tertiary/aromatic N) is 1. The van der Waals surface area contributed by atoms with Crippen molar-refractivity contribution in [2.75, 3.05) is 43.9 Å². The molecule has 5 N–H and O–H groups in total. The number of hydrogen-bond acceptors (Lipinski definition) is 9. The van der Waals surface area contributed by atoms with Crippen molar-refractivity contribution in [2.45, 2.75) is 38.3 Å². The van der Waals surface area contributed by atoms with Gasteiger partial charge >= 0.3 is 6.09 Å². The van der Waals surface area contributed by atoms with Crippen LogP contribution in [0.1, 0.15) is 30.4 Å². The lowest BCUT2D eigenvalue weighted by atomic mass is 10.0. The number of H-pyrrole nitrogens is 1. The average molecular weight is 748 g/mol. The molecule has 11 nitrogen and oxygen atoms in total. The van der Waals surface area contributed by atoms with Gasteiger partial charge in [0.1, 0.15) is 23.4 Å². The largest absolute Gasteiger partial charge is 0.506 e. The fourth-order valence-electron chi connectivity index (χ4n) is 6.23. The Hall–Kier alpha value is -4.95. The third-order valence-electron chi connectivity index (χ3n) is 8.97. The Morgan fingerprint density at radius 2 is 1.81 bits per heavy atom. The monoisotopic (exact) mass is 747 g/mol. The maximum atomic E-state index is 13.3. The summed E-state index contributed by atoms with van der Waals surface area (Å²) < 4.78 is 24.6. The van der Waals surface area contributed by atoms with Crippen molar-refractivity contribution in [3.63, 3.8) is 0 Å². The zero-order chi connectivity index (χ0) is 36.6. The number of pyridine rings is 1. The van der Waals surface area contributed by atoms with E-state index in [9.17, 15) is 23.9 Å². The molecule has 0 unspecified atom stereocenters. The Kier molecular flexibility index (Phi) is 12.1. The number of thiophene rings is 1. The van der Waals surface area contributed by atoms with Crippen LogP contribution in [0.4, 0.5) is 20.6 Å². The Balaban J connectivity index is 0.925. The highest BCUT2D eigenvalue weighted by atomic mass is 35.5. The van der Waals surface area contributed by atoms with E-state index in [0.717, 1.165) is 27.0 Å². The molecule has 14 heteroatoms. The molecule has 1 aliphatic heterocycles. The van der Waals surface area contributed by atoms with Crippen LogP contribution in [0, 0.1) is 5.82 Å². The number of aromatic nitrogens is 1.